The predicted octanol–water partition coefficient (Wildman–Crippen LogP) is 2.58. The zero-order valence-corrected chi connectivity index (χ0v) is 24.7. The van der Waals surface area contributed by atoms with Crippen molar-refractivity contribution in [1.82, 2.24) is 25.4 Å². The zero-order chi connectivity index (χ0) is 30.8. The Bertz CT molecular complexity index is 1670. The Morgan fingerprint density at radius 3 is 2.48 bits per heavy atom. The van der Waals surface area contributed by atoms with Crippen LogP contribution in [0.15, 0.2) is 54.6 Å². The standard InChI is InChI=1S/C33H34N6O5/c1-3-37-16-18-38(19-17-37)28-11-10-27(40)29(34-28)23-6-4-22(5-7-23)12-13-33(31(42)35-32(43)36-33)14-15-39-21-24-8-9-25(44-2)20-26(24)30(39)41/h4-11,20,40H,3,14-19,21H2,1-2H3,(H2,35,36,42,43). The van der Waals surface area contributed by atoms with E-state index in [1.807, 2.05) is 24.3 Å². The third-order valence-corrected chi connectivity index (χ3v) is 8.48. The molecule has 2 aromatic carbocycles. The number of piperazine rings is 1. The van der Waals surface area contributed by atoms with E-state index in [9.17, 15) is 19.5 Å². The number of imide groups is 1. The van der Waals surface area contributed by atoms with Gasteiger partial charge in [-0.2, -0.15) is 0 Å². The van der Waals surface area contributed by atoms with Crippen LogP contribution in [0.25, 0.3) is 11.3 Å². The molecule has 0 saturated carbocycles. The van der Waals surface area contributed by atoms with E-state index >= 15 is 0 Å². The van der Waals surface area contributed by atoms with Gasteiger partial charge in [0.1, 0.15) is 23.0 Å². The van der Waals surface area contributed by atoms with Crippen LogP contribution in [0.3, 0.4) is 0 Å². The van der Waals surface area contributed by atoms with Gasteiger partial charge in [-0.15, -0.1) is 0 Å². The zero-order valence-electron chi connectivity index (χ0n) is 24.7. The number of carbonyl (C=O) groups is 3. The summed E-state index contributed by atoms with van der Waals surface area (Å²) in [5.41, 5.74) is 1.78. The molecule has 2 saturated heterocycles. The maximum Gasteiger partial charge on any atom is 0.323 e. The van der Waals surface area contributed by atoms with Crippen LogP contribution < -0.4 is 20.3 Å². The average Bonchev–Trinajstić information content (AvgIpc) is 3.52. The van der Waals surface area contributed by atoms with E-state index in [4.69, 9.17) is 9.72 Å². The van der Waals surface area contributed by atoms with E-state index in [-0.39, 0.29) is 24.6 Å². The molecule has 0 radical (unpaired) electrons. The maximum absolute atomic E-state index is 13.0. The van der Waals surface area contributed by atoms with Gasteiger partial charge in [-0.3, -0.25) is 14.9 Å². The van der Waals surface area contributed by atoms with Crippen molar-refractivity contribution >= 4 is 23.7 Å². The van der Waals surface area contributed by atoms with Crippen LogP contribution >= 0.6 is 0 Å². The van der Waals surface area contributed by atoms with E-state index in [0.717, 1.165) is 49.7 Å². The normalized spacial score (nSPS) is 19.7. The van der Waals surface area contributed by atoms with Crippen molar-refractivity contribution in [3.63, 3.8) is 0 Å². The van der Waals surface area contributed by atoms with Crippen molar-refractivity contribution < 1.29 is 24.2 Å². The highest BCUT2D eigenvalue weighted by molar-refractivity contribution is 6.09. The Kier molecular flexibility index (Phi) is 7.84. The molecule has 4 heterocycles. The highest BCUT2D eigenvalue weighted by Crippen LogP contribution is 2.31. The quantitative estimate of drug-likeness (QED) is 0.282. The van der Waals surface area contributed by atoms with Crippen LogP contribution in [0.5, 0.6) is 11.5 Å². The van der Waals surface area contributed by atoms with Crippen LogP contribution in [0.2, 0.25) is 0 Å². The third kappa shape index (κ3) is 5.64. The van der Waals surface area contributed by atoms with E-state index in [2.05, 4.69) is 39.2 Å². The van der Waals surface area contributed by atoms with Gasteiger partial charge in [-0.25, -0.2) is 9.78 Å². The number of amides is 4. The van der Waals surface area contributed by atoms with Crippen molar-refractivity contribution in [1.29, 1.82) is 0 Å². The van der Waals surface area contributed by atoms with E-state index in [0.29, 0.717) is 29.1 Å². The molecular weight excluding hydrogens is 560 g/mol. The van der Waals surface area contributed by atoms with Gasteiger partial charge < -0.3 is 29.9 Å². The molecule has 4 amide bonds. The number of rotatable bonds is 7. The summed E-state index contributed by atoms with van der Waals surface area (Å²) in [5, 5.41) is 15.5. The fraction of sp³-hybridized carbons (Fsp3) is 0.333. The number of nitrogens with one attached hydrogen (secondary N) is 2. The summed E-state index contributed by atoms with van der Waals surface area (Å²) >= 11 is 0. The summed E-state index contributed by atoms with van der Waals surface area (Å²) in [6.07, 6.45) is 0.115. The van der Waals surface area contributed by atoms with Gasteiger partial charge in [0.05, 0.1) is 7.11 Å². The van der Waals surface area contributed by atoms with Gasteiger partial charge in [0.15, 0.2) is 5.54 Å². The third-order valence-electron chi connectivity index (χ3n) is 8.48. The molecule has 2 fully saturated rings. The van der Waals surface area contributed by atoms with Gasteiger partial charge in [-0.05, 0) is 48.5 Å². The Morgan fingerprint density at radius 1 is 1.02 bits per heavy atom. The first kappa shape index (κ1) is 29.0. The second-order valence-corrected chi connectivity index (χ2v) is 11.1. The number of likely N-dealkylation sites (N-methyl/N-ethyl adjacent to an activating group) is 1. The number of benzene rings is 2. The fourth-order valence-electron chi connectivity index (χ4n) is 5.78. The predicted molar refractivity (Wildman–Crippen MR) is 164 cm³/mol. The Morgan fingerprint density at radius 2 is 1.80 bits per heavy atom. The highest BCUT2D eigenvalue weighted by Gasteiger charge is 2.45. The largest absolute Gasteiger partial charge is 0.506 e. The number of hydrogen-bond donors (Lipinski definition) is 3. The van der Waals surface area contributed by atoms with E-state index < -0.39 is 17.5 Å². The number of ether oxygens (including phenoxy) is 1. The molecule has 3 N–H and O–H groups in total. The molecule has 0 spiro atoms. The molecule has 1 aromatic heterocycles. The first-order valence-corrected chi connectivity index (χ1v) is 14.7. The van der Waals surface area contributed by atoms with Crippen molar-refractivity contribution in [2.75, 3.05) is 51.3 Å². The van der Waals surface area contributed by atoms with Crippen molar-refractivity contribution in [3.05, 3.63) is 71.3 Å². The van der Waals surface area contributed by atoms with Crippen LogP contribution in [-0.2, 0) is 11.3 Å². The van der Waals surface area contributed by atoms with E-state index in [1.54, 1.807) is 42.3 Å². The monoisotopic (exact) mass is 594 g/mol. The second kappa shape index (κ2) is 11.9. The fourth-order valence-corrected chi connectivity index (χ4v) is 5.78. The molecular formula is C33H34N6O5. The molecule has 3 aromatic rings. The summed E-state index contributed by atoms with van der Waals surface area (Å²) in [6.45, 7) is 7.49. The molecule has 1 unspecified atom stereocenters. The number of hydrogen-bond acceptors (Lipinski definition) is 8. The number of urea groups is 1. The smallest absolute Gasteiger partial charge is 0.323 e. The van der Waals surface area contributed by atoms with Crippen molar-refractivity contribution in [3.8, 4) is 34.6 Å². The van der Waals surface area contributed by atoms with Crippen LogP contribution in [0.1, 0.15) is 34.8 Å². The minimum absolute atomic E-state index is 0.0844. The molecule has 226 valence electrons. The van der Waals surface area contributed by atoms with Gasteiger partial charge >= 0.3 is 6.03 Å². The Labute approximate surface area is 255 Å². The number of fused-ring (bicyclic) bond motifs is 1. The lowest BCUT2D eigenvalue weighted by atomic mass is 9.95. The van der Waals surface area contributed by atoms with Gasteiger partial charge in [0.2, 0.25) is 0 Å². The molecule has 3 aliphatic heterocycles. The molecule has 0 bridgehead atoms. The number of nitrogens with zero attached hydrogens (tertiary/aromatic N) is 4. The topological polar surface area (TPSA) is 127 Å². The lowest BCUT2D eigenvalue weighted by Gasteiger charge is -2.34. The summed E-state index contributed by atoms with van der Waals surface area (Å²) in [4.78, 5) is 49.1. The van der Waals surface area contributed by atoms with Gasteiger partial charge in [0, 0.05) is 62.4 Å². The number of carbonyl (C=O) groups excluding carboxylic acids is 3. The number of methoxy groups -OCH3 is 1. The summed E-state index contributed by atoms with van der Waals surface area (Å²) < 4.78 is 5.25. The molecule has 0 aliphatic carbocycles. The Hall–Kier alpha value is -5.08. The molecule has 6 rings (SSSR count). The summed E-state index contributed by atoms with van der Waals surface area (Å²) in [6, 6.07) is 15.5. The van der Waals surface area contributed by atoms with Crippen molar-refractivity contribution in [2.24, 2.45) is 0 Å². The second-order valence-electron chi connectivity index (χ2n) is 11.1. The van der Waals surface area contributed by atoms with Gasteiger partial charge in [-0.1, -0.05) is 37.0 Å². The Balaban J connectivity index is 1.18. The van der Waals surface area contributed by atoms with Gasteiger partial charge in [0.25, 0.3) is 11.8 Å². The summed E-state index contributed by atoms with van der Waals surface area (Å²) in [5.74, 6) is 6.78. The first-order valence-electron chi connectivity index (χ1n) is 14.7. The molecule has 11 nitrogen and oxygen atoms in total. The molecule has 44 heavy (non-hydrogen) atoms. The van der Waals surface area contributed by atoms with Crippen molar-refractivity contribution in [2.45, 2.75) is 25.4 Å². The number of anilines is 1. The van der Waals surface area contributed by atoms with Crippen LogP contribution in [0, 0.1) is 11.8 Å². The average molecular weight is 595 g/mol. The van der Waals surface area contributed by atoms with Crippen LogP contribution in [-0.4, -0.2) is 89.7 Å². The SMILES string of the molecule is CCN1CCN(c2ccc(O)c(-c3ccc(C#CC4(CCN5Cc6ccc(OC)cc6C5=O)NC(=O)NC4=O)cc3)n2)CC1. The minimum Gasteiger partial charge on any atom is -0.506 e. The van der Waals surface area contributed by atoms with E-state index in [1.165, 1.54) is 0 Å². The molecule has 3 aliphatic rings. The minimum atomic E-state index is -1.49. The van der Waals surface area contributed by atoms with Crippen LogP contribution in [0.4, 0.5) is 10.6 Å². The number of pyridine rings is 1. The molecule has 11 heteroatoms. The lowest BCUT2D eigenvalue weighted by Crippen LogP contribution is -2.48. The molecule has 1 atom stereocenters. The number of aromatic nitrogens is 1. The lowest BCUT2D eigenvalue weighted by molar-refractivity contribution is -0.122. The number of aromatic hydroxyl groups is 1. The summed E-state index contributed by atoms with van der Waals surface area (Å²) in [7, 11) is 1.55. The first-order chi connectivity index (χ1) is 21.3. The highest BCUT2D eigenvalue weighted by atomic mass is 16.5. The maximum atomic E-state index is 13.0.